The Kier molecular flexibility index (Phi) is 4.67. The van der Waals surface area contributed by atoms with E-state index in [4.69, 9.17) is 11.6 Å². The van der Waals surface area contributed by atoms with Gasteiger partial charge in [0.2, 0.25) is 0 Å². The highest BCUT2D eigenvalue weighted by Crippen LogP contribution is 2.38. The average Bonchev–Trinajstić information content (AvgIpc) is 2.29. The number of hydrogen-bond acceptors (Lipinski definition) is 3. The Labute approximate surface area is 109 Å². The van der Waals surface area contributed by atoms with Crippen molar-refractivity contribution in [3.8, 4) is 0 Å². The molecule has 1 aromatic heterocycles. The van der Waals surface area contributed by atoms with Crippen LogP contribution in [-0.2, 0) is 22.1 Å². The van der Waals surface area contributed by atoms with Crippen molar-refractivity contribution >= 4 is 17.6 Å². The van der Waals surface area contributed by atoms with E-state index >= 15 is 0 Å². The summed E-state index contributed by atoms with van der Waals surface area (Å²) in [6.45, 7) is 0. The van der Waals surface area contributed by atoms with E-state index in [1.165, 1.54) is 0 Å². The Balaban J connectivity index is 3.40. The summed E-state index contributed by atoms with van der Waals surface area (Å²) in [7, 11) is 0.976. The molecular weight excluding hydrogens is 297 g/mol. The van der Waals surface area contributed by atoms with Gasteiger partial charge in [0.15, 0.2) is 5.69 Å². The van der Waals surface area contributed by atoms with Gasteiger partial charge in [0.25, 0.3) is 6.43 Å². The van der Waals surface area contributed by atoms with Crippen LogP contribution in [0.25, 0.3) is 0 Å². The van der Waals surface area contributed by atoms with Crippen LogP contribution in [0.3, 0.4) is 0 Å². The Bertz CT molecular complexity index is 490. The number of alkyl halides is 5. The van der Waals surface area contributed by atoms with Crippen LogP contribution in [-0.4, -0.2) is 18.1 Å². The minimum atomic E-state index is -4.90. The lowest BCUT2D eigenvalue weighted by molar-refractivity contribution is -0.142. The van der Waals surface area contributed by atoms with Crippen LogP contribution in [0, 0.1) is 0 Å². The number of rotatable bonds is 3. The minimum Gasteiger partial charge on any atom is -0.469 e. The Hall–Kier alpha value is -1.44. The third-order valence-electron chi connectivity index (χ3n) is 2.21. The van der Waals surface area contributed by atoms with Gasteiger partial charge in [0.05, 0.1) is 18.6 Å². The maximum atomic E-state index is 12.7. The van der Waals surface area contributed by atoms with E-state index in [9.17, 15) is 26.7 Å². The van der Waals surface area contributed by atoms with Gasteiger partial charge in [-0.15, -0.1) is 0 Å². The van der Waals surface area contributed by atoms with E-state index in [2.05, 4.69) is 9.72 Å². The molecular formula is C10H7ClF5NO2. The van der Waals surface area contributed by atoms with Crippen molar-refractivity contribution in [1.29, 1.82) is 0 Å². The number of carbonyl (C=O) groups is 1. The van der Waals surface area contributed by atoms with Crippen LogP contribution >= 0.6 is 11.6 Å². The molecule has 0 aromatic carbocycles. The lowest BCUT2D eigenvalue weighted by Gasteiger charge is -2.14. The van der Waals surface area contributed by atoms with E-state index in [-0.39, 0.29) is 0 Å². The molecule has 0 spiro atoms. The van der Waals surface area contributed by atoms with Gasteiger partial charge in [-0.2, -0.15) is 13.2 Å². The molecule has 9 heteroatoms. The molecule has 0 saturated heterocycles. The van der Waals surface area contributed by atoms with Gasteiger partial charge in [0, 0.05) is 11.8 Å². The summed E-state index contributed by atoms with van der Waals surface area (Å²) in [5, 5.41) is -1.02. The third-order valence-corrected chi connectivity index (χ3v) is 2.61. The average molecular weight is 304 g/mol. The molecule has 1 rings (SSSR count). The van der Waals surface area contributed by atoms with Gasteiger partial charge in [0.1, 0.15) is 0 Å². The monoisotopic (exact) mass is 303 g/mol. The summed E-state index contributed by atoms with van der Waals surface area (Å²) in [5.74, 6) is -0.983. The predicted octanol–water partition coefficient (Wildman–Crippen LogP) is 3.41. The summed E-state index contributed by atoms with van der Waals surface area (Å²) in [6, 6.07) is 0. The van der Waals surface area contributed by atoms with Gasteiger partial charge < -0.3 is 4.74 Å². The van der Waals surface area contributed by atoms with E-state index < -0.39 is 46.8 Å². The molecule has 0 N–H and O–H groups in total. The van der Waals surface area contributed by atoms with Crippen LogP contribution in [0.2, 0.25) is 5.02 Å². The fourth-order valence-corrected chi connectivity index (χ4v) is 1.65. The first-order valence-corrected chi connectivity index (χ1v) is 5.15. The number of pyridine rings is 1. The van der Waals surface area contributed by atoms with Crippen molar-refractivity contribution in [3.63, 3.8) is 0 Å². The number of halogens is 6. The molecule has 1 heterocycles. The van der Waals surface area contributed by atoms with Gasteiger partial charge in [-0.1, -0.05) is 11.6 Å². The summed E-state index contributed by atoms with van der Waals surface area (Å²) >= 11 is 5.42. The first kappa shape index (κ1) is 15.6. The highest BCUT2D eigenvalue weighted by molar-refractivity contribution is 6.32. The summed E-state index contributed by atoms with van der Waals surface area (Å²) in [5.41, 5.74) is -2.98. The number of esters is 1. The highest BCUT2D eigenvalue weighted by Gasteiger charge is 2.37. The highest BCUT2D eigenvalue weighted by atomic mass is 35.5. The molecule has 19 heavy (non-hydrogen) atoms. The SMILES string of the molecule is COC(=O)Cc1c(C(F)F)cnc(C(F)(F)F)c1Cl. The summed E-state index contributed by atoms with van der Waals surface area (Å²) in [4.78, 5) is 13.9. The molecule has 0 aliphatic rings. The van der Waals surface area contributed by atoms with Gasteiger partial charge in [-0.3, -0.25) is 4.79 Å². The van der Waals surface area contributed by atoms with Crippen LogP contribution in [0.4, 0.5) is 22.0 Å². The number of ether oxygens (including phenoxy) is 1. The Morgan fingerprint density at radius 2 is 2.05 bits per heavy atom. The van der Waals surface area contributed by atoms with E-state index in [0.29, 0.717) is 6.20 Å². The molecule has 1 aromatic rings. The molecule has 0 aliphatic heterocycles. The molecule has 0 fully saturated rings. The summed E-state index contributed by atoms with van der Waals surface area (Å²) in [6.07, 6.45) is -8.44. The smallest absolute Gasteiger partial charge is 0.434 e. The number of methoxy groups -OCH3 is 1. The largest absolute Gasteiger partial charge is 0.469 e. The van der Waals surface area contributed by atoms with Gasteiger partial charge in [-0.25, -0.2) is 13.8 Å². The molecule has 106 valence electrons. The molecule has 0 radical (unpaired) electrons. The number of hydrogen-bond donors (Lipinski definition) is 0. The van der Waals surface area contributed by atoms with E-state index in [0.717, 1.165) is 7.11 Å². The van der Waals surface area contributed by atoms with Gasteiger partial charge in [-0.05, 0) is 5.56 Å². The molecule has 0 aliphatic carbocycles. The molecule has 0 bridgehead atoms. The molecule has 0 unspecified atom stereocenters. The van der Waals surface area contributed by atoms with E-state index in [1.54, 1.807) is 0 Å². The van der Waals surface area contributed by atoms with Gasteiger partial charge >= 0.3 is 12.1 Å². The van der Waals surface area contributed by atoms with Crippen molar-refractivity contribution in [1.82, 2.24) is 4.98 Å². The zero-order valence-corrected chi connectivity index (χ0v) is 10.1. The second-order valence-electron chi connectivity index (χ2n) is 3.41. The maximum Gasteiger partial charge on any atom is 0.434 e. The van der Waals surface area contributed by atoms with Crippen molar-refractivity contribution in [2.24, 2.45) is 0 Å². The minimum absolute atomic E-state index is 0.359. The lowest BCUT2D eigenvalue weighted by Crippen LogP contribution is -2.15. The quantitative estimate of drug-likeness (QED) is 0.634. The van der Waals surface area contributed by atoms with E-state index in [1.807, 2.05) is 0 Å². The second kappa shape index (κ2) is 5.68. The first-order valence-electron chi connectivity index (χ1n) is 4.78. The number of aromatic nitrogens is 1. The molecule has 0 amide bonds. The number of nitrogens with zero attached hydrogens (tertiary/aromatic N) is 1. The Morgan fingerprint density at radius 1 is 1.47 bits per heavy atom. The lowest BCUT2D eigenvalue weighted by atomic mass is 10.1. The topological polar surface area (TPSA) is 39.2 Å². The zero-order chi connectivity index (χ0) is 14.8. The Morgan fingerprint density at radius 3 is 2.47 bits per heavy atom. The van der Waals surface area contributed by atoms with Crippen molar-refractivity contribution in [2.75, 3.05) is 7.11 Å². The predicted molar refractivity (Wildman–Crippen MR) is 54.9 cm³/mol. The fraction of sp³-hybridized carbons (Fsp3) is 0.400. The third kappa shape index (κ3) is 3.52. The normalized spacial score (nSPS) is 11.8. The molecule has 0 atom stereocenters. The number of carbonyl (C=O) groups excluding carboxylic acids is 1. The van der Waals surface area contributed by atoms with Crippen molar-refractivity contribution < 1.29 is 31.5 Å². The van der Waals surface area contributed by atoms with Crippen LogP contribution in [0.15, 0.2) is 6.20 Å². The van der Waals surface area contributed by atoms with Crippen molar-refractivity contribution in [3.05, 3.63) is 28.0 Å². The van der Waals surface area contributed by atoms with Crippen LogP contribution < -0.4 is 0 Å². The zero-order valence-electron chi connectivity index (χ0n) is 9.39. The van der Waals surface area contributed by atoms with Crippen LogP contribution in [0.1, 0.15) is 23.2 Å². The molecule has 3 nitrogen and oxygen atoms in total. The first-order chi connectivity index (χ1) is 8.68. The molecule has 0 saturated carbocycles. The maximum absolute atomic E-state index is 12.7. The fourth-order valence-electron chi connectivity index (χ4n) is 1.32. The second-order valence-corrected chi connectivity index (χ2v) is 3.78. The van der Waals surface area contributed by atoms with Crippen LogP contribution in [0.5, 0.6) is 0 Å². The van der Waals surface area contributed by atoms with Crippen molar-refractivity contribution in [2.45, 2.75) is 19.0 Å². The standard InChI is InChI=1S/C10H7ClF5NO2/c1-19-6(18)2-4-5(9(12)13)3-17-8(7(4)11)10(14,15)16/h3,9H,2H2,1H3. The summed E-state index contributed by atoms with van der Waals surface area (Å²) < 4.78 is 67.1.